The van der Waals surface area contributed by atoms with Crippen LogP contribution in [-0.4, -0.2) is 41.3 Å². The van der Waals surface area contributed by atoms with Gasteiger partial charge in [0.25, 0.3) is 5.91 Å². The second kappa shape index (κ2) is 9.77. The molecule has 1 saturated heterocycles. The van der Waals surface area contributed by atoms with Crippen LogP contribution in [0.2, 0.25) is 0 Å². The second-order valence-corrected chi connectivity index (χ2v) is 8.53. The molecule has 0 radical (unpaired) electrons. The smallest absolute Gasteiger partial charge is 0.303 e. The lowest BCUT2D eigenvalue weighted by Crippen LogP contribution is -2.24. The van der Waals surface area contributed by atoms with Gasteiger partial charge in [0.2, 0.25) is 0 Å². The molecule has 4 rings (SSSR count). The van der Waals surface area contributed by atoms with Crippen molar-refractivity contribution in [2.75, 3.05) is 18.4 Å². The van der Waals surface area contributed by atoms with E-state index in [1.54, 1.807) is 0 Å². The summed E-state index contributed by atoms with van der Waals surface area (Å²) in [6.07, 6.45) is 8.21. The molecule has 2 aliphatic rings. The van der Waals surface area contributed by atoms with Crippen molar-refractivity contribution in [3.8, 4) is 0 Å². The Morgan fingerprint density at radius 1 is 1.06 bits per heavy atom. The molecule has 0 saturated carbocycles. The Labute approximate surface area is 183 Å². The molecule has 2 aromatic carbocycles. The van der Waals surface area contributed by atoms with Gasteiger partial charge in [0.15, 0.2) is 0 Å². The highest BCUT2D eigenvalue weighted by Crippen LogP contribution is 2.28. The Morgan fingerprint density at radius 2 is 1.84 bits per heavy atom. The Kier molecular flexibility index (Phi) is 6.65. The molecule has 1 amide bonds. The van der Waals surface area contributed by atoms with E-state index in [1.807, 2.05) is 48.7 Å². The number of benzene rings is 2. The number of aliphatic carboxylic acids is 1. The molecule has 6 heteroatoms. The lowest BCUT2D eigenvalue weighted by molar-refractivity contribution is -0.138. The number of piperidine rings is 1. The number of hydrazone groups is 1. The summed E-state index contributed by atoms with van der Waals surface area (Å²) in [6, 6.07) is 13.4. The van der Waals surface area contributed by atoms with Crippen molar-refractivity contribution < 1.29 is 14.7 Å². The normalized spacial score (nSPS) is 18.6. The molecule has 1 heterocycles. The van der Waals surface area contributed by atoms with Gasteiger partial charge in [0.1, 0.15) is 0 Å². The van der Waals surface area contributed by atoms with Gasteiger partial charge in [-0.1, -0.05) is 18.2 Å². The number of aryl methyl sites for hydroxylation is 1. The van der Waals surface area contributed by atoms with E-state index in [-0.39, 0.29) is 18.2 Å². The lowest BCUT2D eigenvalue weighted by atomic mass is 9.81. The summed E-state index contributed by atoms with van der Waals surface area (Å²) in [7, 11) is 0. The number of anilines is 1. The molecular formula is C25H29N3O3. The van der Waals surface area contributed by atoms with Gasteiger partial charge in [-0.25, -0.2) is 0 Å². The van der Waals surface area contributed by atoms with Gasteiger partial charge in [-0.2, -0.15) is 5.10 Å². The number of fused-ring (bicyclic) bond motifs is 1. The number of nitrogens with one attached hydrogen (secondary N) is 1. The largest absolute Gasteiger partial charge is 0.481 e. The van der Waals surface area contributed by atoms with E-state index >= 15 is 0 Å². The van der Waals surface area contributed by atoms with E-state index in [9.17, 15) is 9.59 Å². The predicted octanol–water partition coefficient (Wildman–Crippen LogP) is 4.34. The SMILES string of the molecule is O=C(O)CC1CCc2ccc(C(=O)Nc3ccc(C=NN4CCCCC4)cc3)cc2C1. The van der Waals surface area contributed by atoms with Crippen LogP contribution in [0.4, 0.5) is 5.69 Å². The fourth-order valence-corrected chi connectivity index (χ4v) is 4.39. The number of hydrogen-bond acceptors (Lipinski definition) is 4. The number of carboxylic acids is 1. The Balaban J connectivity index is 1.37. The number of hydrogen-bond donors (Lipinski definition) is 2. The van der Waals surface area contributed by atoms with Crippen molar-refractivity contribution in [2.45, 2.75) is 44.9 Å². The third kappa shape index (κ3) is 5.72. The van der Waals surface area contributed by atoms with Gasteiger partial charge in [0, 0.05) is 30.8 Å². The molecular weight excluding hydrogens is 390 g/mol. The Hall–Kier alpha value is -3.15. The molecule has 2 aromatic rings. The minimum absolute atomic E-state index is 0.141. The molecule has 1 atom stereocenters. The molecule has 1 unspecified atom stereocenters. The first-order chi connectivity index (χ1) is 15.1. The van der Waals surface area contributed by atoms with Crippen molar-refractivity contribution in [3.63, 3.8) is 0 Å². The zero-order chi connectivity index (χ0) is 21.6. The fraction of sp³-hybridized carbons (Fsp3) is 0.400. The van der Waals surface area contributed by atoms with Crippen LogP contribution in [0, 0.1) is 5.92 Å². The maximum atomic E-state index is 12.7. The van der Waals surface area contributed by atoms with E-state index in [1.165, 1.54) is 24.8 Å². The Bertz CT molecular complexity index is 962. The number of carbonyl (C=O) groups is 2. The lowest BCUT2D eigenvalue weighted by Gasteiger charge is -2.23. The molecule has 162 valence electrons. The van der Waals surface area contributed by atoms with Crippen LogP contribution < -0.4 is 5.32 Å². The summed E-state index contributed by atoms with van der Waals surface area (Å²) in [4.78, 5) is 23.8. The third-order valence-corrected chi connectivity index (χ3v) is 6.13. The minimum Gasteiger partial charge on any atom is -0.481 e. The topological polar surface area (TPSA) is 82.0 Å². The van der Waals surface area contributed by atoms with Crippen molar-refractivity contribution in [2.24, 2.45) is 11.0 Å². The molecule has 1 aliphatic carbocycles. The summed E-state index contributed by atoms with van der Waals surface area (Å²) in [5, 5.41) is 18.7. The van der Waals surface area contributed by atoms with E-state index in [2.05, 4.69) is 15.4 Å². The van der Waals surface area contributed by atoms with Crippen LogP contribution in [0.1, 0.15) is 59.2 Å². The van der Waals surface area contributed by atoms with E-state index in [4.69, 9.17) is 5.11 Å². The maximum Gasteiger partial charge on any atom is 0.303 e. The summed E-state index contributed by atoms with van der Waals surface area (Å²) in [5.41, 5.74) is 4.65. The molecule has 0 aromatic heterocycles. The quantitative estimate of drug-likeness (QED) is 0.683. The molecule has 2 N–H and O–H groups in total. The van der Waals surface area contributed by atoms with Crippen molar-refractivity contribution >= 4 is 23.8 Å². The number of rotatable bonds is 6. The van der Waals surface area contributed by atoms with Crippen LogP contribution >= 0.6 is 0 Å². The molecule has 0 bridgehead atoms. The van der Waals surface area contributed by atoms with E-state index in [0.717, 1.165) is 42.7 Å². The highest BCUT2D eigenvalue weighted by molar-refractivity contribution is 6.04. The average molecular weight is 420 g/mol. The first-order valence-electron chi connectivity index (χ1n) is 11.1. The van der Waals surface area contributed by atoms with Crippen LogP contribution in [0.5, 0.6) is 0 Å². The number of carboxylic acid groups (broad SMARTS) is 1. The van der Waals surface area contributed by atoms with E-state index < -0.39 is 5.97 Å². The molecule has 1 fully saturated rings. The molecule has 31 heavy (non-hydrogen) atoms. The number of amides is 1. The Morgan fingerprint density at radius 3 is 2.58 bits per heavy atom. The molecule has 0 spiro atoms. The number of carbonyl (C=O) groups excluding carboxylic acids is 1. The highest BCUT2D eigenvalue weighted by Gasteiger charge is 2.22. The van der Waals surface area contributed by atoms with Gasteiger partial charge in [0.05, 0.1) is 6.21 Å². The van der Waals surface area contributed by atoms with Crippen LogP contribution in [0.15, 0.2) is 47.6 Å². The van der Waals surface area contributed by atoms with Gasteiger partial charge >= 0.3 is 5.97 Å². The van der Waals surface area contributed by atoms with Crippen LogP contribution in [0.25, 0.3) is 0 Å². The minimum atomic E-state index is -0.758. The van der Waals surface area contributed by atoms with Gasteiger partial charge in [-0.15, -0.1) is 0 Å². The van der Waals surface area contributed by atoms with Crippen LogP contribution in [0.3, 0.4) is 0 Å². The summed E-state index contributed by atoms with van der Waals surface area (Å²) in [6.45, 7) is 2.03. The average Bonchev–Trinajstić information content (AvgIpc) is 2.78. The molecule has 6 nitrogen and oxygen atoms in total. The van der Waals surface area contributed by atoms with Crippen LogP contribution in [-0.2, 0) is 17.6 Å². The summed E-state index contributed by atoms with van der Waals surface area (Å²) < 4.78 is 0. The van der Waals surface area contributed by atoms with Gasteiger partial charge in [-0.05, 0) is 85.4 Å². The van der Waals surface area contributed by atoms with Crippen molar-refractivity contribution in [3.05, 3.63) is 64.7 Å². The first-order valence-corrected chi connectivity index (χ1v) is 11.1. The standard InChI is InChI=1S/C25H29N3O3/c29-24(30)15-19-4-7-20-8-9-21(16-22(20)14-19)25(31)27-23-10-5-18(6-11-23)17-26-28-12-2-1-3-13-28/h5-6,8-11,16-17,19H,1-4,7,12-15H2,(H,27,31)(H,29,30). The van der Waals surface area contributed by atoms with Gasteiger partial charge < -0.3 is 10.4 Å². The van der Waals surface area contributed by atoms with E-state index in [0.29, 0.717) is 12.0 Å². The van der Waals surface area contributed by atoms with Crippen molar-refractivity contribution in [1.82, 2.24) is 5.01 Å². The predicted molar refractivity (Wildman–Crippen MR) is 122 cm³/mol. The monoisotopic (exact) mass is 419 g/mol. The number of nitrogens with zero attached hydrogens (tertiary/aromatic N) is 2. The second-order valence-electron chi connectivity index (χ2n) is 8.53. The zero-order valence-corrected chi connectivity index (χ0v) is 17.7. The molecule has 1 aliphatic heterocycles. The van der Waals surface area contributed by atoms with Gasteiger partial charge in [-0.3, -0.25) is 14.6 Å². The van der Waals surface area contributed by atoms with Crippen molar-refractivity contribution in [1.29, 1.82) is 0 Å². The highest BCUT2D eigenvalue weighted by atomic mass is 16.4. The third-order valence-electron chi connectivity index (χ3n) is 6.13. The summed E-state index contributed by atoms with van der Waals surface area (Å²) >= 11 is 0. The first kappa shape index (κ1) is 21.1. The fourth-order valence-electron chi connectivity index (χ4n) is 4.39. The maximum absolute atomic E-state index is 12.7. The zero-order valence-electron chi connectivity index (χ0n) is 17.7. The summed E-state index contributed by atoms with van der Waals surface area (Å²) in [5.74, 6) is -0.771.